The number of aliphatic hydroxyl groups is 1. The fraction of sp³-hybridized carbons (Fsp3) is 0.524. The zero-order valence-corrected chi connectivity index (χ0v) is 17.2. The molecule has 5 heteroatoms. The maximum atomic E-state index is 10.4. The first-order chi connectivity index (χ1) is 12.1. The van der Waals surface area contributed by atoms with Gasteiger partial charge in [0.1, 0.15) is 18.5 Å². The number of aliphatic hydroxyl groups excluding tert-OH is 1. The molecule has 3 rings (SSSR count). The SMILES string of the molecule is Cc1cccc(C)c1OCC(O)CNC(c1cccs1)C1CCCC1.Cl. The second-order valence-corrected chi connectivity index (χ2v) is 8.11. The number of rotatable bonds is 8. The Kier molecular flexibility index (Phi) is 8.42. The molecule has 0 saturated heterocycles. The van der Waals surface area contributed by atoms with Crippen molar-refractivity contribution in [2.45, 2.75) is 51.7 Å². The molecule has 1 aliphatic carbocycles. The van der Waals surface area contributed by atoms with Gasteiger partial charge in [-0.1, -0.05) is 37.1 Å². The molecule has 2 N–H and O–H groups in total. The molecule has 144 valence electrons. The molecule has 3 nitrogen and oxygen atoms in total. The molecule has 0 amide bonds. The van der Waals surface area contributed by atoms with E-state index in [0.717, 1.165) is 16.9 Å². The molecule has 1 fully saturated rings. The van der Waals surface area contributed by atoms with Crippen LogP contribution in [0.25, 0.3) is 0 Å². The van der Waals surface area contributed by atoms with E-state index in [1.807, 2.05) is 43.4 Å². The largest absolute Gasteiger partial charge is 0.490 e. The van der Waals surface area contributed by atoms with E-state index >= 15 is 0 Å². The number of aryl methyl sites for hydroxylation is 2. The zero-order valence-electron chi connectivity index (χ0n) is 15.6. The molecular weight excluding hydrogens is 366 g/mol. The third kappa shape index (κ3) is 5.46. The predicted molar refractivity (Wildman–Crippen MR) is 112 cm³/mol. The summed E-state index contributed by atoms with van der Waals surface area (Å²) < 4.78 is 5.89. The van der Waals surface area contributed by atoms with Gasteiger partial charge < -0.3 is 15.2 Å². The third-order valence-electron chi connectivity index (χ3n) is 5.12. The highest BCUT2D eigenvalue weighted by Crippen LogP contribution is 2.37. The van der Waals surface area contributed by atoms with Crippen molar-refractivity contribution in [2.75, 3.05) is 13.2 Å². The minimum absolute atomic E-state index is 0. The lowest BCUT2D eigenvalue weighted by molar-refractivity contribution is 0.100. The summed E-state index contributed by atoms with van der Waals surface area (Å²) in [5.74, 6) is 1.58. The van der Waals surface area contributed by atoms with Crippen molar-refractivity contribution < 1.29 is 9.84 Å². The number of halogens is 1. The molecule has 0 radical (unpaired) electrons. The van der Waals surface area contributed by atoms with E-state index in [4.69, 9.17) is 4.74 Å². The Morgan fingerprint density at radius 1 is 1.15 bits per heavy atom. The van der Waals surface area contributed by atoms with Crippen LogP contribution in [0.2, 0.25) is 0 Å². The summed E-state index contributed by atoms with van der Waals surface area (Å²) in [6, 6.07) is 10.8. The molecule has 2 atom stereocenters. The van der Waals surface area contributed by atoms with Gasteiger partial charge in [0.25, 0.3) is 0 Å². The van der Waals surface area contributed by atoms with Crippen molar-refractivity contribution in [2.24, 2.45) is 5.92 Å². The predicted octanol–water partition coefficient (Wildman–Crippen LogP) is 5.05. The van der Waals surface area contributed by atoms with Gasteiger partial charge in [0, 0.05) is 17.5 Å². The highest BCUT2D eigenvalue weighted by atomic mass is 35.5. The van der Waals surface area contributed by atoms with Crippen LogP contribution in [0.15, 0.2) is 35.7 Å². The highest BCUT2D eigenvalue weighted by Gasteiger charge is 2.27. The van der Waals surface area contributed by atoms with Crippen molar-refractivity contribution in [3.63, 3.8) is 0 Å². The molecule has 0 spiro atoms. The molecule has 1 heterocycles. The average molecular weight is 396 g/mol. The summed E-state index contributed by atoms with van der Waals surface area (Å²) in [6.45, 7) is 4.96. The highest BCUT2D eigenvalue weighted by molar-refractivity contribution is 7.10. The van der Waals surface area contributed by atoms with E-state index in [-0.39, 0.29) is 12.4 Å². The first-order valence-electron chi connectivity index (χ1n) is 9.29. The average Bonchev–Trinajstić information content (AvgIpc) is 3.29. The Morgan fingerprint density at radius 3 is 2.46 bits per heavy atom. The second-order valence-electron chi connectivity index (χ2n) is 7.13. The van der Waals surface area contributed by atoms with Gasteiger partial charge in [0.15, 0.2) is 0 Å². The Balaban J connectivity index is 0.00000243. The van der Waals surface area contributed by atoms with Crippen LogP contribution in [0.3, 0.4) is 0 Å². The third-order valence-corrected chi connectivity index (χ3v) is 6.08. The monoisotopic (exact) mass is 395 g/mol. The Labute approximate surface area is 167 Å². The second kappa shape index (κ2) is 10.3. The molecule has 1 saturated carbocycles. The van der Waals surface area contributed by atoms with Gasteiger partial charge in [0.05, 0.1) is 0 Å². The summed E-state index contributed by atoms with van der Waals surface area (Å²) in [5.41, 5.74) is 2.23. The lowest BCUT2D eigenvalue weighted by Crippen LogP contribution is -2.36. The first kappa shape index (κ1) is 21.2. The Morgan fingerprint density at radius 2 is 1.85 bits per heavy atom. The van der Waals surface area contributed by atoms with E-state index in [0.29, 0.717) is 25.1 Å². The number of ether oxygens (including phenoxy) is 1. The van der Waals surface area contributed by atoms with Gasteiger partial charge in [-0.2, -0.15) is 0 Å². The Hall–Kier alpha value is -1.07. The van der Waals surface area contributed by atoms with Crippen molar-refractivity contribution >= 4 is 23.7 Å². The lowest BCUT2D eigenvalue weighted by Gasteiger charge is -2.25. The molecule has 0 aliphatic heterocycles. The van der Waals surface area contributed by atoms with Crippen molar-refractivity contribution in [1.82, 2.24) is 5.32 Å². The molecule has 1 aromatic carbocycles. The van der Waals surface area contributed by atoms with Crippen molar-refractivity contribution in [3.05, 3.63) is 51.7 Å². The number of hydrogen-bond donors (Lipinski definition) is 2. The van der Waals surface area contributed by atoms with Crippen LogP contribution in [0.4, 0.5) is 0 Å². The number of hydrogen-bond acceptors (Lipinski definition) is 4. The molecule has 2 aromatic rings. The normalized spacial score (nSPS) is 16.9. The van der Waals surface area contributed by atoms with Crippen LogP contribution in [0, 0.1) is 19.8 Å². The molecule has 1 aliphatic rings. The van der Waals surface area contributed by atoms with Crippen molar-refractivity contribution in [1.29, 1.82) is 0 Å². The lowest BCUT2D eigenvalue weighted by atomic mass is 9.96. The van der Waals surface area contributed by atoms with Crippen LogP contribution in [-0.4, -0.2) is 24.4 Å². The van der Waals surface area contributed by atoms with Gasteiger partial charge in [-0.05, 0) is 55.2 Å². The van der Waals surface area contributed by atoms with Gasteiger partial charge >= 0.3 is 0 Å². The molecule has 2 unspecified atom stereocenters. The van der Waals surface area contributed by atoms with Crippen LogP contribution in [0.1, 0.15) is 47.7 Å². The fourth-order valence-electron chi connectivity index (χ4n) is 3.79. The van der Waals surface area contributed by atoms with E-state index in [2.05, 4.69) is 22.8 Å². The summed E-state index contributed by atoms with van der Waals surface area (Å²) in [7, 11) is 0. The van der Waals surface area contributed by atoms with E-state index in [1.165, 1.54) is 30.6 Å². The minimum atomic E-state index is -0.511. The summed E-state index contributed by atoms with van der Waals surface area (Å²) in [5, 5.41) is 16.1. The van der Waals surface area contributed by atoms with Crippen LogP contribution >= 0.6 is 23.7 Å². The maximum Gasteiger partial charge on any atom is 0.125 e. The van der Waals surface area contributed by atoms with Crippen molar-refractivity contribution in [3.8, 4) is 5.75 Å². The van der Waals surface area contributed by atoms with E-state index in [9.17, 15) is 5.11 Å². The van der Waals surface area contributed by atoms with Gasteiger partial charge in [-0.3, -0.25) is 0 Å². The van der Waals surface area contributed by atoms with Gasteiger partial charge in [-0.25, -0.2) is 0 Å². The smallest absolute Gasteiger partial charge is 0.125 e. The van der Waals surface area contributed by atoms with Crippen LogP contribution in [0.5, 0.6) is 5.75 Å². The van der Waals surface area contributed by atoms with Gasteiger partial charge in [0.2, 0.25) is 0 Å². The molecular formula is C21H30ClNO2S. The Bertz CT molecular complexity index is 636. The van der Waals surface area contributed by atoms with Crippen LogP contribution in [-0.2, 0) is 0 Å². The quantitative estimate of drug-likeness (QED) is 0.657. The topological polar surface area (TPSA) is 41.5 Å². The molecule has 1 aromatic heterocycles. The number of nitrogens with one attached hydrogen (secondary N) is 1. The van der Waals surface area contributed by atoms with Crippen LogP contribution < -0.4 is 10.1 Å². The maximum absolute atomic E-state index is 10.4. The number of thiophene rings is 1. The fourth-order valence-corrected chi connectivity index (χ4v) is 4.68. The number of benzene rings is 1. The zero-order chi connectivity index (χ0) is 17.6. The first-order valence-corrected chi connectivity index (χ1v) is 10.2. The standard InChI is InChI=1S/C21H29NO2S.ClH/c1-15-7-5-8-16(2)21(15)24-14-18(23)13-22-20(17-9-3-4-10-17)19-11-6-12-25-19;/h5-8,11-12,17-18,20,22-23H,3-4,9-10,13-14H2,1-2H3;1H. The summed E-state index contributed by atoms with van der Waals surface area (Å²) in [4.78, 5) is 1.38. The minimum Gasteiger partial charge on any atom is -0.490 e. The summed E-state index contributed by atoms with van der Waals surface area (Å²) >= 11 is 1.81. The molecule has 0 bridgehead atoms. The van der Waals surface area contributed by atoms with E-state index < -0.39 is 6.10 Å². The summed E-state index contributed by atoms with van der Waals surface area (Å²) in [6.07, 6.45) is 4.71. The molecule has 26 heavy (non-hydrogen) atoms. The van der Waals surface area contributed by atoms with E-state index in [1.54, 1.807) is 0 Å². The number of para-hydroxylation sites is 1. The van der Waals surface area contributed by atoms with Gasteiger partial charge in [-0.15, -0.1) is 23.7 Å².